The van der Waals surface area contributed by atoms with E-state index in [1.165, 1.54) is 0 Å². The minimum Gasteiger partial charge on any atom is -0.480 e. The minimum absolute atomic E-state index is 0.0736. The van der Waals surface area contributed by atoms with Crippen LogP contribution < -0.4 is 5.32 Å². The van der Waals surface area contributed by atoms with E-state index in [1.807, 2.05) is 13.8 Å². The third-order valence-electron chi connectivity index (χ3n) is 3.26. The highest BCUT2D eigenvalue weighted by molar-refractivity contribution is 5.86. The van der Waals surface area contributed by atoms with E-state index in [4.69, 9.17) is 0 Å². The number of nitrogens with one attached hydrogen (secondary N) is 1. The summed E-state index contributed by atoms with van der Waals surface area (Å²) in [5.74, 6) is -0.875. The van der Waals surface area contributed by atoms with Gasteiger partial charge in [0.15, 0.2) is 0 Å². The predicted molar refractivity (Wildman–Crippen MR) is 60.2 cm³/mol. The number of rotatable bonds is 5. The van der Waals surface area contributed by atoms with Crippen LogP contribution in [-0.4, -0.2) is 40.6 Å². The zero-order valence-corrected chi connectivity index (χ0v) is 10.1. The van der Waals surface area contributed by atoms with Crippen molar-refractivity contribution in [1.82, 2.24) is 10.2 Å². The summed E-state index contributed by atoms with van der Waals surface area (Å²) < 4.78 is 0. The lowest BCUT2D eigenvalue weighted by molar-refractivity contribution is -0.144. The second kappa shape index (κ2) is 4.72. The molecule has 0 bridgehead atoms. The molecule has 0 aliphatic heterocycles. The molecule has 0 aromatic carbocycles. The monoisotopic (exact) mass is 228 g/mol. The first-order chi connectivity index (χ1) is 7.45. The van der Waals surface area contributed by atoms with E-state index in [0.717, 1.165) is 12.8 Å². The van der Waals surface area contributed by atoms with Crippen molar-refractivity contribution >= 4 is 12.0 Å². The van der Waals surface area contributed by atoms with Gasteiger partial charge in [-0.2, -0.15) is 0 Å². The van der Waals surface area contributed by atoms with Crippen LogP contribution in [0.15, 0.2) is 0 Å². The van der Waals surface area contributed by atoms with E-state index in [-0.39, 0.29) is 11.9 Å². The van der Waals surface area contributed by atoms with Crippen LogP contribution in [0.3, 0.4) is 0 Å². The molecule has 5 heteroatoms. The molecule has 1 saturated carbocycles. The van der Waals surface area contributed by atoms with Crippen LogP contribution in [0.5, 0.6) is 0 Å². The van der Waals surface area contributed by atoms with Crippen molar-refractivity contribution in [2.75, 3.05) is 13.1 Å². The van der Waals surface area contributed by atoms with Gasteiger partial charge in [0.05, 0.1) is 0 Å². The van der Waals surface area contributed by atoms with E-state index < -0.39 is 11.5 Å². The van der Waals surface area contributed by atoms with Crippen LogP contribution >= 0.6 is 0 Å². The minimum atomic E-state index is -1.11. The zero-order valence-electron chi connectivity index (χ0n) is 10.1. The Bertz CT molecular complexity index is 285. The molecule has 16 heavy (non-hydrogen) atoms. The number of aliphatic carboxylic acids is 1. The molecular weight excluding hydrogens is 208 g/mol. The van der Waals surface area contributed by atoms with Crippen LogP contribution in [0.4, 0.5) is 4.79 Å². The third-order valence-corrected chi connectivity index (χ3v) is 3.26. The Morgan fingerprint density at radius 3 is 2.19 bits per heavy atom. The van der Waals surface area contributed by atoms with Gasteiger partial charge < -0.3 is 15.3 Å². The van der Waals surface area contributed by atoms with Crippen LogP contribution in [0.25, 0.3) is 0 Å². The number of carboxylic acid groups (broad SMARTS) is 1. The van der Waals surface area contributed by atoms with Crippen LogP contribution in [0.1, 0.15) is 33.6 Å². The fourth-order valence-corrected chi connectivity index (χ4v) is 1.80. The van der Waals surface area contributed by atoms with E-state index >= 15 is 0 Å². The van der Waals surface area contributed by atoms with Crippen LogP contribution in [0.2, 0.25) is 0 Å². The predicted octanol–water partition coefficient (Wildman–Crippen LogP) is 1.29. The van der Waals surface area contributed by atoms with Crippen molar-refractivity contribution in [2.24, 2.45) is 5.92 Å². The van der Waals surface area contributed by atoms with Crippen molar-refractivity contribution < 1.29 is 14.7 Å². The Labute approximate surface area is 95.8 Å². The Morgan fingerprint density at radius 2 is 1.88 bits per heavy atom. The van der Waals surface area contributed by atoms with Gasteiger partial charge in [-0.05, 0) is 39.5 Å². The standard InChI is InChI=1S/C11H20N2O3/c1-4-13(5-2)10(16)12-11(3,9(14)15)8-6-7-8/h8H,4-7H2,1-3H3,(H,12,16)(H,14,15). The summed E-state index contributed by atoms with van der Waals surface area (Å²) in [5.41, 5.74) is -1.11. The second-order valence-electron chi connectivity index (χ2n) is 4.38. The molecule has 0 heterocycles. The van der Waals surface area contributed by atoms with Gasteiger partial charge in [0, 0.05) is 13.1 Å². The summed E-state index contributed by atoms with van der Waals surface area (Å²) >= 11 is 0. The van der Waals surface area contributed by atoms with Gasteiger partial charge in [-0.3, -0.25) is 0 Å². The molecule has 2 amide bonds. The molecule has 92 valence electrons. The van der Waals surface area contributed by atoms with Crippen molar-refractivity contribution in [3.05, 3.63) is 0 Å². The van der Waals surface area contributed by atoms with Gasteiger partial charge in [-0.1, -0.05) is 0 Å². The third kappa shape index (κ3) is 2.46. The quantitative estimate of drug-likeness (QED) is 0.745. The maximum absolute atomic E-state index is 11.8. The van der Waals surface area contributed by atoms with Crippen molar-refractivity contribution in [3.63, 3.8) is 0 Å². The second-order valence-corrected chi connectivity index (χ2v) is 4.38. The largest absolute Gasteiger partial charge is 0.480 e. The molecule has 1 rings (SSSR count). The van der Waals surface area contributed by atoms with Crippen molar-refractivity contribution in [3.8, 4) is 0 Å². The zero-order chi connectivity index (χ0) is 12.3. The highest BCUT2D eigenvalue weighted by Gasteiger charge is 2.48. The number of carbonyl (C=O) groups is 2. The number of amides is 2. The summed E-state index contributed by atoms with van der Waals surface area (Å²) in [4.78, 5) is 24.6. The normalized spacial score (nSPS) is 18.7. The van der Waals surface area contributed by atoms with E-state index in [1.54, 1.807) is 11.8 Å². The number of hydrogen-bond donors (Lipinski definition) is 2. The summed E-state index contributed by atoms with van der Waals surface area (Å²) in [7, 11) is 0. The Hall–Kier alpha value is -1.26. The Kier molecular flexibility index (Phi) is 3.78. The molecule has 1 unspecified atom stereocenters. The lowest BCUT2D eigenvalue weighted by atomic mass is 9.96. The smallest absolute Gasteiger partial charge is 0.329 e. The average molecular weight is 228 g/mol. The van der Waals surface area contributed by atoms with Gasteiger partial charge in [-0.15, -0.1) is 0 Å². The highest BCUT2D eigenvalue weighted by atomic mass is 16.4. The van der Waals surface area contributed by atoms with Crippen LogP contribution in [-0.2, 0) is 4.79 Å². The first kappa shape index (κ1) is 12.8. The molecule has 0 aromatic rings. The molecule has 1 aliphatic rings. The lowest BCUT2D eigenvalue weighted by Crippen LogP contribution is -2.57. The summed E-state index contributed by atoms with van der Waals surface area (Å²) in [6.07, 6.45) is 1.75. The van der Waals surface area contributed by atoms with Crippen molar-refractivity contribution in [2.45, 2.75) is 39.2 Å². The maximum Gasteiger partial charge on any atom is 0.329 e. The topological polar surface area (TPSA) is 69.6 Å². The van der Waals surface area contributed by atoms with Gasteiger partial charge in [0.1, 0.15) is 5.54 Å². The van der Waals surface area contributed by atoms with Gasteiger partial charge in [0.25, 0.3) is 0 Å². The number of urea groups is 1. The fraction of sp³-hybridized carbons (Fsp3) is 0.818. The van der Waals surface area contributed by atoms with Crippen LogP contribution in [0, 0.1) is 5.92 Å². The van der Waals surface area contributed by atoms with Gasteiger partial charge in [-0.25, -0.2) is 9.59 Å². The molecule has 0 saturated heterocycles. The van der Waals surface area contributed by atoms with E-state index in [9.17, 15) is 14.7 Å². The molecule has 1 atom stereocenters. The Balaban J connectivity index is 2.68. The summed E-state index contributed by atoms with van der Waals surface area (Å²) in [5, 5.41) is 11.8. The van der Waals surface area contributed by atoms with Crippen molar-refractivity contribution in [1.29, 1.82) is 0 Å². The highest BCUT2D eigenvalue weighted by Crippen LogP contribution is 2.39. The molecule has 1 fully saturated rings. The SMILES string of the molecule is CCN(CC)C(=O)NC(C)(C(=O)O)C1CC1. The molecule has 0 radical (unpaired) electrons. The lowest BCUT2D eigenvalue weighted by Gasteiger charge is -2.29. The molecule has 5 nitrogen and oxygen atoms in total. The molecular formula is C11H20N2O3. The average Bonchev–Trinajstić information content (AvgIpc) is 3.02. The number of nitrogens with zero attached hydrogens (tertiary/aromatic N) is 1. The first-order valence-corrected chi connectivity index (χ1v) is 5.76. The molecule has 0 spiro atoms. The number of hydrogen-bond acceptors (Lipinski definition) is 2. The summed E-state index contributed by atoms with van der Waals surface area (Å²) in [6, 6.07) is -0.290. The fourth-order valence-electron chi connectivity index (χ4n) is 1.80. The van der Waals surface area contributed by atoms with Gasteiger partial charge in [0.2, 0.25) is 0 Å². The molecule has 1 aliphatic carbocycles. The number of carbonyl (C=O) groups excluding carboxylic acids is 1. The molecule has 0 aromatic heterocycles. The first-order valence-electron chi connectivity index (χ1n) is 5.76. The van der Waals surface area contributed by atoms with E-state index in [2.05, 4.69) is 5.32 Å². The Morgan fingerprint density at radius 1 is 1.38 bits per heavy atom. The maximum atomic E-state index is 11.8. The molecule has 2 N–H and O–H groups in total. The van der Waals surface area contributed by atoms with Gasteiger partial charge >= 0.3 is 12.0 Å². The summed E-state index contributed by atoms with van der Waals surface area (Å²) in [6.45, 7) is 6.51. The number of carboxylic acids is 1. The van der Waals surface area contributed by atoms with E-state index in [0.29, 0.717) is 13.1 Å².